The summed E-state index contributed by atoms with van der Waals surface area (Å²) in [6, 6.07) is 2.63. The van der Waals surface area contributed by atoms with Crippen molar-refractivity contribution >= 4 is 47.0 Å². The van der Waals surface area contributed by atoms with Gasteiger partial charge in [-0.15, -0.1) is 10.2 Å². The molecule has 0 spiro atoms. The van der Waals surface area contributed by atoms with Crippen molar-refractivity contribution in [3.8, 4) is 5.75 Å². The van der Waals surface area contributed by atoms with E-state index in [1.54, 1.807) is 0 Å². The molecule has 9 heteroatoms. The van der Waals surface area contributed by atoms with Crippen LogP contribution < -0.4 is 5.11 Å². The van der Waals surface area contributed by atoms with Crippen molar-refractivity contribution in [1.82, 2.24) is 10.2 Å². The van der Waals surface area contributed by atoms with Crippen LogP contribution in [0.2, 0.25) is 10.0 Å². The SMILES string of the molecule is CCc1nnc(S/C(=C\c2cc(Cl)cc(Cl)c2[O-])C(=O)O)o1. The van der Waals surface area contributed by atoms with E-state index in [0.717, 1.165) is 11.8 Å². The minimum atomic E-state index is -1.24. The van der Waals surface area contributed by atoms with Gasteiger partial charge in [-0.2, -0.15) is 0 Å². The molecule has 1 aromatic heterocycles. The number of halogens is 2. The van der Waals surface area contributed by atoms with Crippen LogP contribution in [0.3, 0.4) is 0 Å². The highest BCUT2D eigenvalue weighted by Crippen LogP contribution is 2.33. The Balaban J connectivity index is 2.37. The number of carboxylic acids is 1. The summed E-state index contributed by atoms with van der Waals surface area (Å²) in [5.41, 5.74) is 0.0673. The van der Waals surface area contributed by atoms with E-state index < -0.39 is 11.7 Å². The molecule has 0 radical (unpaired) electrons. The molecule has 0 unspecified atom stereocenters. The van der Waals surface area contributed by atoms with Gasteiger partial charge in [-0.3, -0.25) is 0 Å². The van der Waals surface area contributed by atoms with E-state index in [1.165, 1.54) is 18.2 Å². The lowest BCUT2D eigenvalue weighted by Gasteiger charge is -2.13. The normalized spacial score (nSPS) is 11.7. The van der Waals surface area contributed by atoms with Gasteiger partial charge in [0.05, 0.1) is 0 Å². The smallest absolute Gasteiger partial charge is 0.342 e. The maximum absolute atomic E-state index is 11.9. The number of thioether (sulfide) groups is 1. The summed E-state index contributed by atoms with van der Waals surface area (Å²) in [6.07, 6.45) is 1.71. The van der Waals surface area contributed by atoms with Crippen molar-refractivity contribution in [3.63, 3.8) is 0 Å². The third kappa shape index (κ3) is 3.94. The molecule has 0 aliphatic heterocycles. The van der Waals surface area contributed by atoms with Gasteiger partial charge in [-0.1, -0.05) is 35.9 Å². The van der Waals surface area contributed by atoms with Gasteiger partial charge in [0.25, 0.3) is 5.22 Å². The molecule has 22 heavy (non-hydrogen) atoms. The maximum atomic E-state index is 11.9. The molecule has 1 N–H and O–H groups in total. The zero-order valence-electron chi connectivity index (χ0n) is 11.2. The van der Waals surface area contributed by atoms with Crippen LogP contribution >= 0.6 is 35.0 Å². The second-order valence-electron chi connectivity index (χ2n) is 4.04. The first-order chi connectivity index (χ1) is 10.4. The number of carbonyl (C=O) groups is 1. The number of hydrogen-bond acceptors (Lipinski definition) is 6. The monoisotopic (exact) mass is 359 g/mol. The van der Waals surface area contributed by atoms with Gasteiger partial charge in [0, 0.05) is 16.5 Å². The Morgan fingerprint density at radius 1 is 1.45 bits per heavy atom. The standard InChI is InChI=1S/C13H10Cl2N2O4S/c1-2-10-16-17-13(21-10)22-9(12(19)20)4-6-3-7(14)5-8(15)11(6)18/h3-5,18H,2H2,1H3,(H,19,20)/p-1/b9-4-. The Labute approximate surface area is 139 Å². The molecule has 0 saturated carbocycles. The lowest BCUT2D eigenvalue weighted by atomic mass is 10.2. The second-order valence-corrected chi connectivity index (χ2v) is 5.87. The average molecular weight is 360 g/mol. The number of nitrogens with zero attached hydrogens (tertiary/aromatic N) is 2. The van der Waals surface area contributed by atoms with Crippen LogP contribution in [0.4, 0.5) is 0 Å². The highest BCUT2D eigenvalue weighted by molar-refractivity contribution is 8.03. The predicted octanol–water partition coefficient (Wildman–Crippen LogP) is 3.23. The van der Waals surface area contributed by atoms with Gasteiger partial charge >= 0.3 is 5.97 Å². The van der Waals surface area contributed by atoms with Crippen LogP contribution in [0, 0.1) is 0 Å². The minimum Gasteiger partial charge on any atom is -0.871 e. The van der Waals surface area contributed by atoms with E-state index in [2.05, 4.69) is 10.2 Å². The molecule has 116 valence electrons. The molecule has 0 fully saturated rings. The molecule has 0 amide bonds. The zero-order valence-corrected chi connectivity index (χ0v) is 13.5. The highest BCUT2D eigenvalue weighted by Gasteiger charge is 2.15. The average Bonchev–Trinajstić information content (AvgIpc) is 2.91. The molecule has 6 nitrogen and oxygen atoms in total. The number of hydrogen-bond donors (Lipinski definition) is 1. The maximum Gasteiger partial charge on any atom is 0.342 e. The van der Waals surface area contributed by atoms with E-state index in [9.17, 15) is 15.0 Å². The summed E-state index contributed by atoms with van der Waals surface area (Å²) in [5.74, 6) is -1.36. The zero-order chi connectivity index (χ0) is 16.3. The lowest BCUT2D eigenvalue weighted by Crippen LogP contribution is -1.99. The number of aryl methyl sites for hydroxylation is 1. The Kier molecular flexibility index (Phi) is 5.33. The Bertz CT molecular complexity index is 746. The van der Waals surface area contributed by atoms with Crippen LogP contribution in [0.25, 0.3) is 6.08 Å². The third-order valence-corrected chi connectivity index (χ3v) is 3.83. The van der Waals surface area contributed by atoms with E-state index in [4.69, 9.17) is 27.6 Å². The number of aliphatic carboxylic acids is 1. The Hall–Kier alpha value is -1.70. The topological polar surface area (TPSA) is 99.3 Å². The molecular formula is C13H9Cl2N2O4S-. The van der Waals surface area contributed by atoms with Crippen LogP contribution in [-0.2, 0) is 11.2 Å². The Morgan fingerprint density at radius 3 is 2.77 bits per heavy atom. The molecule has 1 heterocycles. The Morgan fingerprint density at radius 2 is 2.18 bits per heavy atom. The van der Waals surface area contributed by atoms with Crippen molar-refractivity contribution in [3.05, 3.63) is 38.5 Å². The quantitative estimate of drug-likeness (QED) is 0.645. The summed E-state index contributed by atoms with van der Waals surface area (Å²) < 4.78 is 5.24. The van der Waals surface area contributed by atoms with Gasteiger partial charge in [0.15, 0.2) is 0 Å². The van der Waals surface area contributed by atoms with E-state index in [0.29, 0.717) is 12.3 Å². The summed E-state index contributed by atoms with van der Waals surface area (Å²) in [4.78, 5) is 11.2. The first kappa shape index (κ1) is 16.7. The molecule has 0 atom stereocenters. The predicted molar refractivity (Wildman–Crippen MR) is 81.1 cm³/mol. The first-order valence-corrected chi connectivity index (χ1v) is 7.59. The van der Waals surface area contributed by atoms with Crippen molar-refractivity contribution in [1.29, 1.82) is 0 Å². The number of rotatable bonds is 5. The molecular weight excluding hydrogens is 351 g/mol. The molecule has 0 bridgehead atoms. The van der Waals surface area contributed by atoms with Gasteiger partial charge in [0.2, 0.25) is 5.89 Å². The molecule has 2 rings (SSSR count). The molecule has 0 aliphatic rings. The van der Waals surface area contributed by atoms with Crippen LogP contribution in [0.1, 0.15) is 18.4 Å². The fourth-order valence-corrected chi connectivity index (χ4v) is 2.67. The molecule has 0 saturated heterocycles. The van der Waals surface area contributed by atoms with Crippen molar-refractivity contribution < 1.29 is 19.4 Å². The van der Waals surface area contributed by atoms with Gasteiger partial charge in [-0.25, -0.2) is 4.79 Å². The molecule has 1 aromatic carbocycles. The van der Waals surface area contributed by atoms with E-state index >= 15 is 0 Å². The fourth-order valence-electron chi connectivity index (χ4n) is 1.48. The van der Waals surface area contributed by atoms with E-state index in [-0.39, 0.29) is 25.7 Å². The van der Waals surface area contributed by atoms with Gasteiger partial charge in [0.1, 0.15) is 4.91 Å². The fraction of sp³-hybridized carbons (Fsp3) is 0.154. The molecule has 2 aromatic rings. The van der Waals surface area contributed by atoms with Gasteiger partial charge < -0.3 is 14.6 Å². The second kappa shape index (κ2) is 7.04. The van der Waals surface area contributed by atoms with Crippen LogP contribution in [0.5, 0.6) is 5.75 Å². The number of aromatic nitrogens is 2. The van der Waals surface area contributed by atoms with Crippen LogP contribution in [-0.4, -0.2) is 21.3 Å². The number of benzene rings is 1. The van der Waals surface area contributed by atoms with Crippen LogP contribution in [0.15, 0.2) is 26.7 Å². The van der Waals surface area contributed by atoms with Crippen molar-refractivity contribution in [2.75, 3.05) is 0 Å². The van der Waals surface area contributed by atoms with E-state index in [1.807, 2.05) is 6.92 Å². The largest absolute Gasteiger partial charge is 0.871 e. The summed E-state index contributed by atoms with van der Waals surface area (Å²) >= 11 is 12.3. The highest BCUT2D eigenvalue weighted by atomic mass is 35.5. The van der Waals surface area contributed by atoms with Crippen molar-refractivity contribution in [2.24, 2.45) is 0 Å². The summed E-state index contributed by atoms with van der Waals surface area (Å²) in [7, 11) is 0. The summed E-state index contributed by atoms with van der Waals surface area (Å²) in [5, 5.41) is 28.8. The lowest BCUT2D eigenvalue weighted by molar-refractivity contribution is -0.268. The minimum absolute atomic E-state index is 0.0673. The third-order valence-electron chi connectivity index (χ3n) is 2.48. The first-order valence-electron chi connectivity index (χ1n) is 6.02. The van der Waals surface area contributed by atoms with Crippen molar-refractivity contribution in [2.45, 2.75) is 18.6 Å². The molecule has 0 aliphatic carbocycles. The van der Waals surface area contributed by atoms with Gasteiger partial charge in [-0.05, 0) is 35.5 Å². The summed E-state index contributed by atoms with van der Waals surface area (Å²) in [6.45, 7) is 1.83. The number of carboxylic acid groups (broad SMARTS) is 1.